The maximum Gasteiger partial charge on any atom is 0.422 e. The van der Waals surface area contributed by atoms with E-state index in [2.05, 4.69) is 10.6 Å². The Bertz CT molecular complexity index is 841. The van der Waals surface area contributed by atoms with E-state index < -0.39 is 30.3 Å². The second-order valence-electron chi connectivity index (χ2n) is 7.37. The molecule has 1 heterocycles. The number of nitrogens with zero attached hydrogens (tertiary/aromatic N) is 1. The second kappa shape index (κ2) is 8.71. The topological polar surface area (TPSA) is 87.7 Å². The molecule has 1 aromatic rings. The van der Waals surface area contributed by atoms with Gasteiger partial charge in [-0.2, -0.15) is 13.2 Å². The lowest BCUT2D eigenvalue weighted by Gasteiger charge is -2.20. The molecule has 0 unspecified atom stereocenters. The van der Waals surface area contributed by atoms with E-state index in [1.807, 2.05) is 0 Å². The number of rotatable bonds is 7. The fourth-order valence-electron chi connectivity index (χ4n) is 3.69. The SMILES string of the molecule is O=C(CCCN1C(=O)NC2(CCCC2)C1=O)Nc1cc(Cl)ccc1OCC(F)(F)F. The van der Waals surface area contributed by atoms with Crippen LogP contribution in [-0.4, -0.2) is 47.6 Å². The summed E-state index contributed by atoms with van der Waals surface area (Å²) in [7, 11) is 0. The van der Waals surface area contributed by atoms with Gasteiger partial charge in [0.25, 0.3) is 5.91 Å². The normalized spacial score (nSPS) is 18.1. The van der Waals surface area contributed by atoms with Crippen LogP contribution < -0.4 is 15.4 Å². The number of anilines is 1. The minimum atomic E-state index is -4.53. The molecule has 1 saturated carbocycles. The highest BCUT2D eigenvalue weighted by Gasteiger charge is 2.52. The summed E-state index contributed by atoms with van der Waals surface area (Å²) in [6.07, 6.45) is -1.38. The van der Waals surface area contributed by atoms with Gasteiger partial charge < -0.3 is 15.4 Å². The van der Waals surface area contributed by atoms with Crippen molar-refractivity contribution in [3.8, 4) is 5.75 Å². The number of ether oxygens (including phenoxy) is 1. The molecule has 30 heavy (non-hydrogen) atoms. The van der Waals surface area contributed by atoms with Gasteiger partial charge in [0.1, 0.15) is 11.3 Å². The first-order valence-electron chi connectivity index (χ1n) is 9.53. The van der Waals surface area contributed by atoms with Gasteiger partial charge in [-0.15, -0.1) is 0 Å². The van der Waals surface area contributed by atoms with Crippen LogP contribution in [0.25, 0.3) is 0 Å². The molecule has 11 heteroatoms. The summed E-state index contributed by atoms with van der Waals surface area (Å²) in [6.45, 7) is -1.43. The van der Waals surface area contributed by atoms with E-state index in [1.54, 1.807) is 0 Å². The van der Waals surface area contributed by atoms with Crippen LogP contribution in [0, 0.1) is 0 Å². The third-order valence-corrected chi connectivity index (χ3v) is 5.33. The highest BCUT2D eigenvalue weighted by molar-refractivity contribution is 6.31. The minimum absolute atomic E-state index is 0.0108. The molecule has 1 aliphatic heterocycles. The Morgan fingerprint density at radius 3 is 2.63 bits per heavy atom. The maximum atomic E-state index is 12.6. The van der Waals surface area contributed by atoms with E-state index in [9.17, 15) is 27.6 Å². The largest absolute Gasteiger partial charge is 0.482 e. The molecule has 0 atom stereocenters. The number of nitrogens with one attached hydrogen (secondary N) is 2. The molecule has 0 bridgehead atoms. The number of halogens is 4. The molecule has 7 nitrogen and oxygen atoms in total. The summed E-state index contributed by atoms with van der Waals surface area (Å²) in [5.41, 5.74) is -0.790. The zero-order valence-electron chi connectivity index (χ0n) is 16.0. The Morgan fingerprint density at radius 2 is 1.97 bits per heavy atom. The van der Waals surface area contributed by atoms with E-state index in [1.165, 1.54) is 18.2 Å². The van der Waals surface area contributed by atoms with Crippen molar-refractivity contribution in [3.05, 3.63) is 23.2 Å². The van der Waals surface area contributed by atoms with Crippen molar-refractivity contribution in [2.75, 3.05) is 18.5 Å². The number of amides is 4. The Kier molecular flexibility index (Phi) is 6.44. The Balaban J connectivity index is 1.53. The number of urea groups is 1. The van der Waals surface area contributed by atoms with Gasteiger partial charge in [0.15, 0.2) is 6.61 Å². The quantitative estimate of drug-likeness (QED) is 0.621. The molecule has 0 radical (unpaired) electrons. The molecule has 2 fully saturated rings. The van der Waals surface area contributed by atoms with Crippen molar-refractivity contribution in [1.82, 2.24) is 10.2 Å². The van der Waals surface area contributed by atoms with Crippen molar-refractivity contribution in [2.24, 2.45) is 0 Å². The van der Waals surface area contributed by atoms with Crippen LogP contribution in [0.15, 0.2) is 18.2 Å². The Hall–Kier alpha value is -2.49. The van der Waals surface area contributed by atoms with Crippen LogP contribution in [0.3, 0.4) is 0 Å². The first kappa shape index (κ1) is 22.2. The van der Waals surface area contributed by atoms with Gasteiger partial charge in [0.05, 0.1) is 5.69 Å². The Labute approximate surface area is 175 Å². The zero-order valence-corrected chi connectivity index (χ0v) is 16.7. The summed E-state index contributed by atoms with van der Waals surface area (Å²) in [5, 5.41) is 5.44. The van der Waals surface area contributed by atoms with Crippen molar-refractivity contribution in [2.45, 2.75) is 50.2 Å². The molecule has 2 N–H and O–H groups in total. The molecule has 4 amide bonds. The highest BCUT2D eigenvalue weighted by atomic mass is 35.5. The monoisotopic (exact) mass is 447 g/mol. The van der Waals surface area contributed by atoms with Crippen LogP contribution in [-0.2, 0) is 9.59 Å². The van der Waals surface area contributed by atoms with E-state index in [0.717, 1.165) is 17.7 Å². The first-order chi connectivity index (χ1) is 14.1. The molecular formula is C19H21ClF3N3O4. The average molecular weight is 448 g/mol. The van der Waals surface area contributed by atoms with Crippen molar-refractivity contribution in [1.29, 1.82) is 0 Å². The third-order valence-electron chi connectivity index (χ3n) is 5.10. The molecule has 3 rings (SSSR count). The number of benzene rings is 1. The molecule has 0 aromatic heterocycles. The van der Waals surface area contributed by atoms with Crippen molar-refractivity contribution in [3.63, 3.8) is 0 Å². The molecule has 1 saturated heterocycles. The lowest BCUT2D eigenvalue weighted by Crippen LogP contribution is -2.44. The zero-order chi connectivity index (χ0) is 21.9. The van der Waals surface area contributed by atoms with Gasteiger partial charge in [0.2, 0.25) is 5.91 Å². The minimum Gasteiger partial charge on any atom is -0.482 e. The fourth-order valence-corrected chi connectivity index (χ4v) is 3.86. The number of carbonyl (C=O) groups excluding carboxylic acids is 3. The van der Waals surface area contributed by atoms with Crippen LogP contribution in [0.1, 0.15) is 38.5 Å². The maximum absolute atomic E-state index is 12.6. The number of hydrogen-bond acceptors (Lipinski definition) is 4. The van der Waals surface area contributed by atoms with Crippen LogP contribution in [0.2, 0.25) is 5.02 Å². The van der Waals surface area contributed by atoms with Crippen molar-refractivity contribution < 1.29 is 32.3 Å². The van der Waals surface area contributed by atoms with Gasteiger partial charge in [-0.1, -0.05) is 24.4 Å². The Morgan fingerprint density at radius 1 is 1.27 bits per heavy atom. The number of hydrogen-bond donors (Lipinski definition) is 2. The van der Waals surface area contributed by atoms with Crippen LogP contribution in [0.4, 0.5) is 23.7 Å². The van der Waals surface area contributed by atoms with E-state index >= 15 is 0 Å². The average Bonchev–Trinajstić information content (AvgIpc) is 3.21. The lowest BCUT2D eigenvalue weighted by molar-refractivity contribution is -0.153. The number of imide groups is 1. The summed E-state index contributed by atoms with van der Waals surface area (Å²) in [5.74, 6) is -0.929. The smallest absolute Gasteiger partial charge is 0.422 e. The summed E-state index contributed by atoms with van der Waals surface area (Å²) >= 11 is 5.85. The van der Waals surface area contributed by atoms with E-state index in [0.29, 0.717) is 12.8 Å². The van der Waals surface area contributed by atoms with Gasteiger partial charge in [-0.3, -0.25) is 14.5 Å². The molecule has 1 aromatic carbocycles. The molecule has 1 aliphatic carbocycles. The van der Waals surface area contributed by atoms with Gasteiger partial charge in [0, 0.05) is 18.0 Å². The predicted octanol–water partition coefficient (Wildman–Crippen LogP) is 3.86. The summed E-state index contributed by atoms with van der Waals surface area (Å²) in [6, 6.07) is 3.41. The van der Waals surface area contributed by atoms with Crippen LogP contribution in [0.5, 0.6) is 5.75 Å². The third kappa shape index (κ3) is 5.16. The molecule has 164 valence electrons. The summed E-state index contributed by atoms with van der Waals surface area (Å²) in [4.78, 5) is 38.0. The standard InChI is InChI=1S/C19H21ClF3N3O4/c20-12-5-6-14(30-11-19(21,22)23)13(10-12)24-15(27)4-3-9-26-16(28)18(25-17(26)29)7-1-2-8-18/h5-6,10H,1-4,7-9,11H2,(H,24,27)(H,25,29). The first-order valence-corrected chi connectivity index (χ1v) is 9.90. The number of alkyl halides is 3. The molecular weight excluding hydrogens is 427 g/mol. The fraction of sp³-hybridized carbons (Fsp3) is 0.526. The van der Waals surface area contributed by atoms with Gasteiger partial charge in [-0.25, -0.2) is 4.79 Å². The van der Waals surface area contributed by atoms with Crippen molar-refractivity contribution >= 4 is 35.1 Å². The van der Waals surface area contributed by atoms with Gasteiger partial charge in [-0.05, 0) is 37.5 Å². The van der Waals surface area contributed by atoms with Gasteiger partial charge >= 0.3 is 12.2 Å². The van der Waals surface area contributed by atoms with E-state index in [4.69, 9.17) is 16.3 Å². The summed E-state index contributed by atoms with van der Waals surface area (Å²) < 4.78 is 41.9. The van der Waals surface area contributed by atoms with Crippen LogP contribution >= 0.6 is 11.6 Å². The molecule has 2 aliphatic rings. The molecule has 1 spiro atoms. The van der Waals surface area contributed by atoms with E-state index in [-0.39, 0.29) is 41.8 Å². The second-order valence-corrected chi connectivity index (χ2v) is 7.81. The lowest BCUT2D eigenvalue weighted by atomic mass is 9.98. The number of carbonyl (C=O) groups is 3. The highest BCUT2D eigenvalue weighted by Crippen LogP contribution is 2.35. The predicted molar refractivity (Wildman–Crippen MR) is 102 cm³/mol.